The molecule has 0 bridgehead atoms. The van der Waals surface area contributed by atoms with Crippen LogP contribution in [0.2, 0.25) is 0 Å². The number of rotatable bonds is 8. The Kier molecular flexibility index (Phi) is 7.44. The van der Waals surface area contributed by atoms with Gasteiger partial charge < -0.3 is 9.47 Å². The van der Waals surface area contributed by atoms with Crippen molar-refractivity contribution in [3.63, 3.8) is 0 Å². The minimum Gasteiger partial charge on any atom is -0.494 e. The van der Waals surface area contributed by atoms with Crippen molar-refractivity contribution in [2.24, 2.45) is 0 Å². The SMILES string of the molecule is CCCOc1ccc(C(=O)NNC(=O)c2ccc(OCc3ccccc3)cc2)cc1. The van der Waals surface area contributed by atoms with Crippen LogP contribution in [-0.2, 0) is 6.61 Å². The van der Waals surface area contributed by atoms with Gasteiger partial charge in [0.05, 0.1) is 6.61 Å². The van der Waals surface area contributed by atoms with Crippen molar-refractivity contribution in [2.45, 2.75) is 20.0 Å². The lowest BCUT2D eigenvalue weighted by atomic mass is 10.2. The topological polar surface area (TPSA) is 76.7 Å². The summed E-state index contributed by atoms with van der Waals surface area (Å²) in [4.78, 5) is 24.4. The maximum atomic E-state index is 12.3. The van der Waals surface area contributed by atoms with E-state index in [1.165, 1.54) is 0 Å². The first-order valence-electron chi connectivity index (χ1n) is 9.76. The Morgan fingerprint density at radius 2 is 1.20 bits per heavy atom. The van der Waals surface area contributed by atoms with Gasteiger partial charge in [-0.3, -0.25) is 20.4 Å². The lowest BCUT2D eigenvalue weighted by Gasteiger charge is -2.10. The third-order valence-electron chi connectivity index (χ3n) is 4.24. The van der Waals surface area contributed by atoms with E-state index in [1.54, 1.807) is 48.5 Å². The van der Waals surface area contributed by atoms with Crippen molar-refractivity contribution in [1.82, 2.24) is 10.9 Å². The standard InChI is InChI=1S/C24H24N2O4/c1-2-16-29-21-12-8-19(9-13-21)23(27)25-26-24(28)20-10-14-22(15-11-20)30-17-18-6-4-3-5-7-18/h3-15H,2,16-17H2,1H3,(H,25,27)(H,26,28). The van der Waals surface area contributed by atoms with Gasteiger partial charge in [-0.2, -0.15) is 0 Å². The molecule has 0 saturated carbocycles. The van der Waals surface area contributed by atoms with Crippen LogP contribution in [0.4, 0.5) is 0 Å². The van der Waals surface area contributed by atoms with Crippen LogP contribution in [0.3, 0.4) is 0 Å². The van der Waals surface area contributed by atoms with Crippen molar-refractivity contribution < 1.29 is 19.1 Å². The van der Waals surface area contributed by atoms with Crippen LogP contribution in [0, 0.1) is 0 Å². The predicted molar refractivity (Wildman–Crippen MR) is 114 cm³/mol. The van der Waals surface area contributed by atoms with E-state index in [0.717, 1.165) is 12.0 Å². The zero-order valence-electron chi connectivity index (χ0n) is 16.8. The summed E-state index contributed by atoms with van der Waals surface area (Å²) in [6, 6.07) is 23.3. The maximum absolute atomic E-state index is 12.3. The van der Waals surface area contributed by atoms with E-state index in [-0.39, 0.29) is 0 Å². The first kappa shape index (κ1) is 20.9. The molecule has 0 radical (unpaired) electrons. The average Bonchev–Trinajstić information content (AvgIpc) is 2.81. The number of hydrazine groups is 1. The van der Waals surface area contributed by atoms with Crippen molar-refractivity contribution in [2.75, 3.05) is 6.61 Å². The van der Waals surface area contributed by atoms with E-state index in [9.17, 15) is 9.59 Å². The fourth-order valence-electron chi connectivity index (χ4n) is 2.62. The Bertz CT molecular complexity index is 955. The van der Waals surface area contributed by atoms with Crippen molar-refractivity contribution in [3.05, 3.63) is 95.6 Å². The number of amides is 2. The van der Waals surface area contributed by atoms with E-state index < -0.39 is 11.8 Å². The Hall–Kier alpha value is -3.80. The molecule has 0 spiro atoms. The number of hydrogen-bond donors (Lipinski definition) is 2. The molecule has 0 fully saturated rings. The smallest absolute Gasteiger partial charge is 0.269 e. The summed E-state index contributed by atoms with van der Waals surface area (Å²) >= 11 is 0. The van der Waals surface area contributed by atoms with Crippen LogP contribution in [0.15, 0.2) is 78.9 Å². The molecule has 0 unspecified atom stereocenters. The fraction of sp³-hybridized carbons (Fsp3) is 0.167. The highest BCUT2D eigenvalue weighted by atomic mass is 16.5. The molecule has 6 nitrogen and oxygen atoms in total. The van der Waals surface area contributed by atoms with Gasteiger partial charge in [0.2, 0.25) is 0 Å². The molecular formula is C24H24N2O4. The van der Waals surface area contributed by atoms with E-state index in [4.69, 9.17) is 9.47 Å². The van der Waals surface area contributed by atoms with Gasteiger partial charge in [0.25, 0.3) is 11.8 Å². The lowest BCUT2D eigenvalue weighted by Crippen LogP contribution is -2.41. The molecule has 0 heterocycles. The predicted octanol–water partition coefficient (Wildman–Crippen LogP) is 4.13. The van der Waals surface area contributed by atoms with E-state index in [2.05, 4.69) is 10.9 Å². The fourth-order valence-corrected chi connectivity index (χ4v) is 2.62. The molecule has 2 N–H and O–H groups in total. The van der Waals surface area contributed by atoms with Crippen LogP contribution in [-0.4, -0.2) is 18.4 Å². The summed E-state index contributed by atoms with van der Waals surface area (Å²) in [5, 5.41) is 0. The summed E-state index contributed by atoms with van der Waals surface area (Å²) in [7, 11) is 0. The number of nitrogens with one attached hydrogen (secondary N) is 2. The van der Waals surface area contributed by atoms with Crippen LogP contribution in [0.5, 0.6) is 11.5 Å². The largest absolute Gasteiger partial charge is 0.494 e. The summed E-state index contributed by atoms with van der Waals surface area (Å²) in [5.41, 5.74) is 6.71. The monoisotopic (exact) mass is 404 g/mol. The minimum absolute atomic E-state index is 0.408. The summed E-state index contributed by atoms with van der Waals surface area (Å²) in [6.45, 7) is 3.10. The molecule has 3 aromatic carbocycles. The Labute approximate surface area is 175 Å². The van der Waals surface area contributed by atoms with Gasteiger partial charge in [0, 0.05) is 11.1 Å². The number of benzene rings is 3. The van der Waals surface area contributed by atoms with Crippen LogP contribution in [0.25, 0.3) is 0 Å². The van der Waals surface area contributed by atoms with Gasteiger partial charge in [-0.15, -0.1) is 0 Å². The van der Waals surface area contributed by atoms with Gasteiger partial charge >= 0.3 is 0 Å². The van der Waals surface area contributed by atoms with Crippen molar-refractivity contribution >= 4 is 11.8 Å². The molecule has 0 saturated heterocycles. The summed E-state index contributed by atoms with van der Waals surface area (Å²) < 4.78 is 11.2. The van der Waals surface area contributed by atoms with E-state index in [1.807, 2.05) is 37.3 Å². The van der Waals surface area contributed by atoms with Gasteiger partial charge in [-0.25, -0.2) is 0 Å². The Balaban J connectivity index is 1.47. The summed E-state index contributed by atoms with van der Waals surface area (Å²) in [6.07, 6.45) is 0.911. The molecule has 6 heteroatoms. The molecule has 154 valence electrons. The molecule has 0 aliphatic carbocycles. The maximum Gasteiger partial charge on any atom is 0.269 e. The Morgan fingerprint density at radius 3 is 1.70 bits per heavy atom. The lowest BCUT2D eigenvalue weighted by molar-refractivity contribution is 0.0846. The van der Waals surface area contributed by atoms with Gasteiger partial charge in [0.1, 0.15) is 18.1 Å². The first-order valence-corrected chi connectivity index (χ1v) is 9.76. The number of hydrogen-bond acceptors (Lipinski definition) is 4. The summed E-state index contributed by atoms with van der Waals surface area (Å²) in [5.74, 6) is 0.533. The van der Waals surface area contributed by atoms with E-state index >= 15 is 0 Å². The molecule has 2 amide bonds. The second-order valence-electron chi connectivity index (χ2n) is 6.58. The van der Waals surface area contributed by atoms with E-state index in [0.29, 0.717) is 35.8 Å². The zero-order chi connectivity index (χ0) is 21.2. The van der Waals surface area contributed by atoms with Crippen LogP contribution < -0.4 is 20.3 Å². The molecule has 30 heavy (non-hydrogen) atoms. The first-order chi connectivity index (χ1) is 14.7. The van der Waals surface area contributed by atoms with Gasteiger partial charge in [-0.1, -0.05) is 37.3 Å². The van der Waals surface area contributed by atoms with Crippen LogP contribution >= 0.6 is 0 Å². The molecule has 0 aromatic heterocycles. The second kappa shape index (κ2) is 10.7. The quantitative estimate of drug-likeness (QED) is 0.554. The highest BCUT2D eigenvalue weighted by molar-refractivity contribution is 5.99. The van der Waals surface area contributed by atoms with Crippen LogP contribution in [0.1, 0.15) is 39.6 Å². The molecular weight excluding hydrogens is 380 g/mol. The molecule has 3 aromatic rings. The highest BCUT2D eigenvalue weighted by Gasteiger charge is 2.10. The molecule has 0 aliphatic rings. The molecule has 3 rings (SSSR count). The minimum atomic E-state index is -0.416. The third kappa shape index (κ3) is 6.10. The number of carbonyl (C=O) groups excluding carboxylic acids is 2. The molecule has 0 atom stereocenters. The van der Waals surface area contributed by atoms with Gasteiger partial charge in [-0.05, 0) is 60.5 Å². The molecule has 0 aliphatic heterocycles. The normalized spacial score (nSPS) is 10.2. The van der Waals surface area contributed by atoms with Crippen molar-refractivity contribution in [3.8, 4) is 11.5 Å². The number of carbonyl (C=O) groups is 2. The third-order valence-corrected chi connectivity index (χ3v) is 4.24. The average molecular weight is 404 g/mol. The number of ether oxygens (including phenoxy) is 2. The zero-order valence-corrected chi connectivity index (χ0v) is 16.8. The van der Waals surface area contributed by atoms with Crippen molar-refractivity contribution in [1.29, 1.82) is 0 Å². The van der Waals surface area contributed by atoms with Gasteiger partial charge in [0.15, 0.2) is 0 Å². The highest BCUT2D eigenvalue weighted by Crippen LogP contribution is 2.15. The Morgan fingerprint density at radius 1 is 0.700 bits per heavy atom. The second-order valence-corrected chi connectivity index (χ2v) is 6.58.